The minimum Gasteiger partial charge on any atom is -0.480 e. The van der Waals surface area contributed by atoms with Crippen LogP contribution < -0.4 is 20.8 Å². The highest BCUT2D eigenvalue weighted by molar-refractivity contribution is 7.15. The zero-order valence-electron chi connectivity index (χ0n) is 18.8. The second kappa shape index (κ2) is 10.5. The molecule has 0 saturated carbocycles. The average Bonchev–Trinajstić information content (AvgIpc) is 3.21. The Balaban J connectivity index is 2.20. The summed E-state index contributed by atoms with van der Waals surface area (Å²) in [5, 5.41) is 8.45. The fourth-order valence-corrected chi connectivity index (χ4v) is 4.05. The van der Waals surface area contributed by atoms with Gasteiger partial charge in [0.15, 0.2) is 5.69 Å². The molecular formula is C21H20F3N7O3S. The van der Waals surface area contributed by atoms with Gasteiger partial charge in [-0.2, -0.15) is 18.3 Å². The van der Waals surface area contributed by atoms with Crippen LogP contribution in [-0.4, -0.2) is 47.3 Å². The molecule has 3 rings (SSSR count). The highest BCUT2D eigenvalue weighted by atomic mass is 32.1. The molecule has 0 spiro atoms. The second-order valence-corrected chi connectivity index (χ2v) is 8.10. The monoisotopic (exact) mass is 507 g/mol. The number of alkyl halides is 3. The molecule has 3 aromatic heterocycles. The van der Waals surface area contributed by atoms with E-state index < -0.39 is 23.8 Å². The third-order valence-corrected chi connectivity index (χ3v) is 5.56. The lowest BCUT2D eigenvalue weighted by molar-refractivity contribution is -0.141. The first-order valence-corrected chi connectivity index (χ1v) is 10.8. The summed E-state index contributed by atoms with van der Waals surface area (Å²) >= 11 is 0.832. The smallest absolute Gasteiger partial charge is 0.434 e. The van der Waals surface area contributed by atoms with Crippen LogP contribution in [0.15, 0.2) is 29.6 Å². The Morgan fingerprint density at radius 3 is 2.54 bits per heavy atom. The molecule has 14 heteroatoms. The molecule has 3 heterocycles. The molecule has 0 aliphatic rings. The van der Waals surface area contributed by atoms with E-state index >= 15 is 0 Å². The number of hydrazone groups is 1. The van der Waals surface area contributed by atoms with Crippen molar-refractivity contribution in [2.24, 2.45) is 5.10 Å². The van der Waals surface area contributed by atoms with Crippen molar-refractivity contribution < 1.29 is 27.5 Å². The highest BCUT2D eigenvalue weighted by Crippen LogP contribution is 2.41. The number of amides is 3. The number of halogens is 3. The van der Waals surface area contributed by atoms with Gasteiger partial charge in [-0.3, -0.25) is 10.1 Å². The van der Waals surface area contributed by atoms with E-state index in [1.165, 1.54) is 38.6 Å². The predicted octanol–water partition coefficient (Wildman–Crippen LogP) is 4.09. The number of nitrogens with one attached hydrogen (secondary N) is 3. The van der Waals surface area contributed by atoms with Gasteiger partial charge < -0.3 is 10.1 Å². The Labute approximate surface area is 201 Å². The number of urea groups is 1. The van der Waals surface area contributed by atoms with Crippen LogP contribution in [0.1, 0.15) is 27.9 Å². The number of aryl methyl sites for hydroxylation is 1. The maximum atomic E-state index is 13.4. The van der Waals surface area contributed by atoms with Crippen molar-refractivity contribution in [3.63, 3.8) is 0 Å². The summed E-state index contributed by atoms with van der Waals surface area (Å²) < 4.78 is 45.4. The number of pyridine rings is 2. The van der Waals surface area contributed by atoms with Gasteiger partial charge in [-0.15, -0.1) is 11.3 Å². The number of carbonyl (C=O) groups is 2. The van der Waals surface area contributed by atoms with Crippen molar-refractivity contribution in [3.05, 3.63) is 40.7 Å². The standard InChI is InChI=1S/C21H20F3N7O3S/c1-5-26-20(33)29-15-7-12(19-30-16(10(2)35-19)21(22,23)24)14(9-27-15)11-6-13(17(32)31-25-3)18(34-4)28-8-11/h6-9H,3,5H2,1-2,4H3,(H,31,32)(H2,26,27,29,33). The Morgan fingerprint density at radius 2 is 1.94 bits per heavy atom. The molecule has 0 radical (unpaired) electrons. The van der Waals surface area contributed by atoms with Gasteiger partial charge in [0.1, 0.15) is 16.4 Å². The van der Waals surface area contributed by atoms with Gasteiger partial charge >= 0.3 is 12.2 Å². The fourth-order valence-electron chi connectivity index (χ4n) is 3.08. The molecule has 0 bridgehead atoms. The second-order valence-electron chi connectivity index (χ2n) is 6.90. The maximum Gasteiger partial charge on any atom is 0.434 e. The van der Waals surface area contributed by atoms with Crippen LogP contribution in [0.3, 0.4) is 0 Å². The zero-order valence-corrected chi connectivity index (χ0v) is 19.6. The molecule has 0 atom stereocenters. The summed E-state index contributed by atoms with van der Waals surface area (Å²) in [6.07, 6.45) is -1.92. The van der Waals surface area contributed by atoms with Gasteiger partial charge in [-0.25, -0.2) is 25.2 Å². The van der Waals surface area contributed by atoms with Crippen molar-refractivity contribution in [2.45, 2.75) is 20.0 Å². The van der Waals surface area contributed by atoms with E-state index in [4.69, 9.17) is 4.74 Å². The molecule has 184 valence electrons. The van der Waals surface area contributed by atoms with Crippen LogP contribution in [0.4, 0.5) is 23.8 Å². The lowest BCUT2D eigenvalue weighted by Crippen LogP contribution is -2.28. The first-order valence-electron chi connectivity index (χ1n) is 9.99. The lowest BCUT2D eigenvalue weighted by Gasteiger charge is -2.13. The van der Waals surface area contributed by atoms with Crippen molar-refractivity contribution >= 4 is 35.8 Å². The number of thiazole rings is 1. The third kappa shape index (κ3) is 5.71. The molecule has 10 nitrogen and oxygen atoms in total. The molecule has 0 unspecified atom stereocenters. The third-order valence-electron chi connectivity index (χ3n) is 4.56. The van der Waals surface area contributed by atoms with Crippen LogP contribution in [-0.2, 0) is 6.18 Å². The minimum absolute atomic E-state index is 0.00313. The molecule has 3 aromatic rings. The molecule has 0 aliphatic heterocycles. The number of hydrogen-bond acceptors (Lipinski definition) is 8. The number of rotatable bonds is 7. The van der Waals surface area contributed by atoms with Crippen LogP contribution >= 0.6 is 11.3 Å². The average molecular weight is 507 g/mol. The highest BCUT2D eigenvalue weighted by Gasteiger charge is 2.36. The van der Waals surface area contributed by atoms with E-state index in [1.807, 2.05) is 0 Å². The van der Waals surface area contributed by atoms with Gasteiger partial charge in [0, 0.05) is 47.2 Å². The SMILES string of the molecule is C=NNC(=O)c1cc(-c2cnc(NC(=O)NCC)cc2-c2nc(C(F)(F)F)c(C)s2)cnc1OC. The van der Waals surface area contributed by atoms with E-state index in [1.54, 1.807) is 6.92 Å². The number of ether oxygens (including phenoxy) is 1. The summed E-state index contributed by atoms with van der Waals surface area (Å²) in [6.45, 7) is 6.61. The molecule has 0 saturated heterocycles. The number of carbonyl (C=O) groups excluding carboxylic acids is 2. The molecular weight excluding hydrogens is 487 g/mol. The first kappa shape index (κ1) is 25.6. The lowest BCUT2D eigenvalue weighted by atomic mass is 10.0. The topological polar surface area (TPSA) is 130 Å². The van der Waals surface area contributed by atoms with E-state index in [2.05, 4.69) is 42.8 Å². The molecule has 0 aromatic carbocycles. The molecule has 0 fully saturated rings. The van der Waals surface area contributed by atoms with Crippen molar-refractivity contribution in [1.29, 1.82) is 0 Å². The summed E-state index contributed by atoms with van der Waals surface area (Å²) in [5.41, 5.74) is 2.09. The van der Waals surface area contributed by atoms with E-state index in [0.717, 1.165) is 11.3 Å². The Kier molecular flexibility index (Phi) is 7.64. The molecule has 0 aliphatic carbocycles. The molecule has 3 amide bonds. The van der Waals surface area contributed by atoms with Gasteiger partial charge in [-0.05, 0) is 26.0 Å². The van der Waals surface area contributed by atoms with Crippen LogP contribution in [0.2, 0.25) is 0 Å². The van der Waals surface area contributed by atoms with Crippen molar-refractivity contribution in [1.82, 2.24) is 25.7 Å². The fraction of sp³-hybridized carbons (Fsp3) is 0.238. The Hall–Kier alpha value is -4.07. The zero-order chi connectivity index (χ0) is 25.8. The summed E-state index contributed by atoms with van der Waals surface area (Å²) in [5.74, 6) is -0.561. The van der Waals surface area contributed by atoms with Gasteiger partial charge in [-0.1, -0.05) is 0 Å². The van der Waals surface area contributed by atoms with Crippen LogP contribution in [0.25, 0.3) is 21.7 Å². The van der Waals surface area contributed by atoms with E-state index in [0.29, 0.717) is 17.7 Å². The predicted molar refractivity (Wildman–Crippen MR) is 125 cm³/mol. The van der Waals surface area contributed by atoms with Crippen molar-refractivity contribution in [2.75, 3.05) is 19.0 Å². The number of hydrogen-bond donors (Lipinski definition) is 3. The first-order chi connectivity index (χ1) is 16.6. The Morgan fingerprint density at radius 1 is 1.20 bits per heavy atom. The van der Waals surface area contributed by atoms with Gasteiger partial charge in [0.2, 0.25) is 5.88 Å². The van der Waals surface area contributed by atoms with Crippen molar-refractivity contribution in [3.8, 4) is 27.6 Å². The van der Waals surface area contributed by atoms with Gasteiger partial charge in [0.25, 0.3) is 5.91 Å². The minimum atomic E-state index is -4.64. The van der Waals surface area contributed by atoms with Crippen LogP contribution in [0.5, 0.6) is 5.88 Å². The Bertz CT molecular complexity index is 1280. The number of aromatic nitrogens is 3. The summed E-state index contributed by atoms with van der Waals surface area (Å²) in [7, 11) is 1.33. The number of nitrogens with zero attached hydrogens (tertiary/aromatic N) is 4. The number of anilines is 1. The summed E-state index contributed by atoms with van der Waals surface area (Å²) in [4.78, 5) is 36.4. The summed E-state index contributed by atoms with van der Waals surface area (Å²) in [6, 6.07) is 2.29. The van der Waals surface area contributed by atoms with Crippen LogP contribution in [0, 0.1) is 6.92 Å². The molecule has 3 N–H and O–H groups in total. The largest absolute Gasteiger partial charge is 0.480 e. The maximum absolute atomic E-state index is 13.4. The van der Waals surface area contributed by atoms with E-state index in [9.17, 15) is 22.8 Å². The van der Waals surface area contributed by atoms with E-state index in [-0.39, 0.29) is 32.7 Å². The quantitative estimate of drug-likeness (QED) is 0.326. The normalized spacial score (nSPS) is 11.0. The number of methoxy groups -OCH3 is 1. The van der Waals surface area contributed by atoms with Gasteiger partial charge in [0.05, 0.1) is 7.11 Å². The molecule has 35 heavy (non-hydrogen) atoms.